The van der Waals surface area contributed by atoms with Gasteiger partial charge in [0.15, 0.2) is 0 Å². The SMILES string of the molecule is C=C(C)C(=O)NCOCCCCO. The van der Waals surface area contributed by atoms with Crippen molar-refractivity contribution < 1.29 is 14.6 Å². The van der Waals surface area contributed by atoms with E-state index in [0.29, 0.717) is 12.2 Å². The molecule has 76 valence electrons. The third kappa shape index (κ3) is 7.49. The van der Waals surface area contributed by atoms with Gasteiger partial charge in [-0.1, -0.05) is 6.58 Å². The summed E-state index contributed by atoms with van der Waals surface area (Å²) in [4.78, 5) is 10.9. The Morgan fingerprint density at radius 2 is 2.23 bits per heavy atom. The van der Waals surface area contributed by atoms with Crippen LogP contribution in [0.25, 0.3) is 0 Å². The van der Waals surface area contributed by atoms with Crippen LogP contribution in [0.5, 0.6) is 0 Å². The topological polar surface area (TPSA) is 58.6 Å². The van der Waals surface area contributed by atoms with Crippen molar-refractivity contribution in [3.05, 3.63) is 12.2 Å². The minimum atomic E-state index is -0.192. The Morgan fingerprint density at radius 3 is 2.77 bits per heavy atom. The lowest BCUT2D eigenvalue weighted by atomic mass is 10.3. The number of ether oxygens (including phenoxy) is 1. The van der Waals surface area contributed by atoms with E-state index in [4.69, 9.17) is 9.84 Å². The number of hydrogen-bond donors (Lipinski definition) is 2. The second-order valence-corrected chi connectivity index (χ2v) is 2.77. The summed E-state index contributed by atoms with van der Waals surface area (Å²) in [6, 6.07) is 0. The van der Waals surface area contributed by atoms with Gasteiger partial charge in [-0.05, 0) is 19.8 Å². The van der Waals surface area contributed by atoms with E-state index in [2.05, 4.69) is 11.9 Å². The maximum Gasteiger partial charge on any atom is 0.248 e. The fourth-order valence-corrected chi connectivity index (χ4v) is 0.656. The molecule has 0 rings (SSSR count). The van der Waals surface area contributed by atoms with Gasteiger partial charge in [-0.25, -0.2) is 0 Å². The molecular formula is C9H17NO3. The smallest absolute Gasteiger partial charge is 0.248 e. The highest BCUT2D eigenvalue weighted by Crippen LogP contribution is 1.88. The van der Waals surface area contributed by atoms with Crippen LogP contribution in [-0.2, 0) is 9.53 Å². The van der Waals surface area contributed by atoms with Crippen LogP contribution in [0.2, 0.25) is 0 Å². The highest BCUT2D eigenvalue weighted by Gasteiger charge is 1.98. The van der Waals surface area contributed by atoms with Crippen LogP contribution in [0, 0.1) is 0 Å². The van der Waals surface area contributed by atoms with Gasteiger partial charge in [0.05, 0.1) is 0 Å². The monoisotopic (exact) mass is 187 g/mol. The predicted molar refractivity (Wildman–Crippen MR) is 50.1 cm³/mol. The quantitative estimate of drug-likeness (QED) is 0.345. The summed E-state index contributed by atoms with van der Waals surface area (Å²) >= 11 is 0. The van der Waals surface area contributed by atoms with Gasteiger partial charge in [-0.2, -0.15) is 0 Å². The van der Waals surface area contributed by atoms with Crippen molar-refractivity contribution in [2.75, 3.05) is 19.9 Å². The molecular weight excluding hydrogens is 170 g/mol. The normalized spacial score (nSPS) is 9.69. The lowest BCUT2D eigenvalue weighted by Gasteiger charge is -2.05. The number of aliphatic hydroxyl groups is 1. The first-order valence-electron chi connectivity index (χ1n) is 4.30. The molecule has 0 aliphatic rings. The fraction of sp³-hybridized carbons (Fsp3) is 0.667. The summed E-state index contributed by atoms with van der Waals surface area (Å²) in [7, 11) is 0. The van der Waals surface area contributed by atoms with Crippen molar-refractivity contribution in [2.45, 2.75) is 19.8 Å². The highest BCUT2D eigenvalue weighted by atomic mass is 16.5. The lowest BCUT2D eigenvalue weighted by molar-refractivity contribution is -0.119. The number of carbonyl (C=O) groups excluding carboxylic acids is 1. The average Bonchev–Trinajstić information content (AvgIpc) is 2.10. The number of hydrogen-bond acceptors (Lipinski definition) is 3. The maximum absolute atomic E-state index is 10.9. The van der Waals surface area contributed by atoms with Gasteiger partial charge in [0.25, 0.3) is 0 Å². The van der Waals surface area contributed by atoms with E-state index >= 15 is 0 Å². The van der Waals surface area contributed by atoms with Crippen molar-refractivity contribution in [3.8, 4) is 0 Å². The minimum absolute atomic E-state index is 0.182. The van der Waals surface area contributed by atoms with Crippen LogP contribution in [0.4, 0.5) is 0 Å². The molecule has 0 saturated carbocycles. The Labute approximate surface area is 78.6 Å². The van der Waals surface area contributed by atoms with Crippen LogP contribution in [0.1, 0.15) is 19.8 Å². The average molecular weight is 187 g/mol. The summed E-state index contributed by atoms with van der Waals surface area (Å²) in [5.41, 5.74) is 0.471. The molecule has 0 aromatic heterocycles. The van der Waals surface area contributed by atoms with E-state index in [9.17, 15) is 4.79 Å². The third-order valence-corrected chi connectivity index (χ3v) is 1.42. The first-order valence-corrected chi connectivity index (χ1v) is 4.30. The van der Waals surface area contributed by atoms with Gasteiger partial charge in [0.2, 0.25) is 5.91 Å². The molecule has 0 spiro atoms. The third-order valence-electron chi connectivity index (χ3n) is 1.42. The number of rotatable bonds is 7. The van der Waals surface area contributed by atoms with Crippen molar-refractivity contribution in [3.63, 3.8) is 0 Å². The van der Waals surface area contributed by atoms with Gasteiger partial charge < -0.3 is 15.2 Å². The summed E-state index contributed by atoms with van der Waals surface area (Å²) in [5, 5.41) is 11.0. The molecule has 4 nitrogen and oxygen atoms in total. The van der Waals surface area contributed by atoms with Gasteiger partial charge in [0, 0.05) is 18.8 Å². The molecule has 0 aliphatic heterocycles. The van der Waals surface area contributed by atoms with E-state index in [-0.39, 0.29) is 19.2 Å². The molecule has 0 aromatic carbocycles. The summed E-state index contributed by atoms with van der Waals surface area (Å²) < 4.78 is 5.07. The molecule has 2 N–H and O–H groups in total. The lowest BCUT2D eigenvalue weighted by Crippen LogP contribution is -2.26. The summed E-state index contributed by atoms with van der Waals surface area (Å²) in [6.07, 6.45) is 1.54. The molecule has 0 saturated heterocycles. The van der Waals surface area contributed by atoms with E-state index in [1.54, 1.807) is 6.92 Å². The molecule has 0 aromatic rings. The number of amides is 1. The molecule has 0 atom stereocenters. The summed E-state index contributed by atoms with van der Waals surface area (Å²) in [6.45, 7) is 6.06. The highest BCUT2D eigenvalue weighted by molar-refractivity contribution is 5.91. The second kappa shape index (κ2) is 7.76. The van der Waals surface area contributed by atoms with Crippen LogP contribution in [-0.4, -0.2) is 31.0 Å². The molecule has 0 heterocycles. The molecule has 13 heavy (non-hydrogen) atoms. The van der Waals surface area contributed by atoms with E-state index in [0.717, 1.165) is 12.8 Å². The molecule has 0 fully saturated rings. The van der Waals surface area contributed by atoms with E-state index in [1.165, 1.54) is 0 Å². The van der Waals surface area contributed by atoms with Crippen LogP contribution >= 0.6 is 0 Å². The van der Waals surface area contributed by atoms with Crippen LogP contribution in [0.3, 0.4) is 0 Å². The molecule has 0 radical (unpaired) electrons. The second-order valence-electron chi connectivity index (χ2n) is 2.77. The minimum Gasteiger partial charge on any atom is -0.396 e. The Bertz CT molecular complexity index is 168. The van der Waals surface area contributed by atoms with Crippen LogP contribution in [0.15, 0.2) is 12.2 Å². The summed E-state index contributed by atoms with van der Waals surface area (Å²) in [5.74, 6) is -0.192. The first kappa shape index (κ1) is 12.1. The zero-order valence-corrected chi connectivity index (χ0v) is 8.01. The Hall–Kier alpha value is -0.870. The number of nitrogens with one attached hydrogen (secondary N) is 1. The largest absolute Gasteiger partial charge is 0.396 e. The number of aliphatic hydroxyl groups excluding tert-OH is 1. The first-order chi connectivity index (χ1) is 6.18. The maximum atomic E-state index is 10.9. The van der Waals surface area contributed by atoms with Gasteiger partial charge in [-0.15, -0.1) is 0 Å². The van der Waals surface area contributed by atoms with Gasteiger partial charge in [0.1, 0.15) is 6.73 Å². The van der Waals surface area contributed by atoms with Gasteiger partial charge in [-0.3, -0.25) is 4.79 Å². The van der Waals surface area contributed by atoms with E-state index < -0.39 is 0 Å². The number of unbranched alkanes of at least 4 members (excludes halogenated alkanes) is 1. The Balaban J connectivity index is 3.16. The molecule has 0 unspecified atom stereocenters. The van der Waals surface area contributed by atoms with Crippen molar-refractivity contribution in [1.29, 1.82) is 0 Å². The zero-order chi connectivity index (χ0) is 10.1. The van der Waals surface area contributed by atoms with Crippen LogP contribution < -0.4 is 5.32 Å². The van der Waals surface area contributed by atoms with E-state index in [1.807, 2.05) is 0 Å². The predicted octanol–water partition coefficient (Wildman–Crippen LogP) is 0.425. The molecule has 0 bridgehead atoms. The van der Waals surface area contributed by atoms with Crippen molar-refractivity contribution in [2.24, 2.45) is 0 Å². The standard InChI is InChI=1S/C9H17NO3/c1-8(2)9(12)10-7-13-6-4-3-5-11/h11H,1,3-7H2,2H3,(H,10,12). The molecule has 1 amide bonds. The Morgan fingerprint density at radius 1 is 1.54 bits per heavy atom. The molecule has 4 heteroatoms. The zero-order valence-electron chi connectivity index (χ0n) is 8.01. The van der Waals surface area contributed by atoms with Gasteiger partial charge >= 0.3 is 0 Å². The number of carbonyl (C=O) groups is 1. The van der Waals surface area contributed by atoms with Crippen molar-refractivity contribution in [1.82, 2.24) is 5.32 Å². The Kier molecular flexibility index (Phi) is 7.24. The molecule has 0 aliphatic carbocycles. The van der Waals surface area contributed by atoms with Crippen molar-refractivity contribution >= 4 is 5.91 Å². The fourth-order valence-electron chi connectivity index (χ4n) is 0.656.